The van der Waals surface area contributed by atoms with E-state index in [9.17, 15) is 4.79 Å². The SMILES string of the molecule is O=C(COc1ccc2ccccc2c1)NCCn1ncc2c(NCCc3ccccc3)ncnc21. The molecule has 1 amide bonds. The first kappa shape index (κ1) is 22.3. The molecule has 0 saturated carbocycles. The van der Waals surface area contributed by atoms with Crippen molar-refractivity contribution < 1.29 is 9.53 Å². The Bertz CT molecular complexity index is 1430. The number of aromatic nitrogens is 4. The third-order valence-corrected chi connectivity index (χ3v) is 5.72. The minimum Gasteiger partial charge on any atom is -0.484 e. The number of hydrogen-bond acceptors (Lipinski definition) is 6. The van der Waals surface area contributed by atoms with Crippen molar-refractivity contribution in [2.24, 2.45) is 0 Å². The largest absolute Gasteiger partial charge is 0.484 e. The maximum atomic E-state index is 12.3. The molecule has 0 atom stereocenters. The molecule has 0 saturated heterocycles. The summed E-state index contributed by atoms with van der Waals surface area (Å²) in [5, 5.41) is 13.7. The van der Waals surface area contributed by atoms with Gasteiger partial charge < -0.3 is 15.4 Å². The predicted octanol–water partition coefficient (Wildman–Crippen LogP) is 3.83. The van der Waals surface area contributed by atoms with Crippen LogP contribution < -0.4 is 15.4 Å². The van der Waals surface area contributed by atoms with Crippen LogP contribution in [-0.4, -0.2) is 45.4 Å². The molecule has 0 spiro atoms. The van der Waals surface area contributed by atoms with Gasteiger partial charge in [-0.2, -0.15) is 5.10 Å². The van der Waals surface area contributed by atoms with Crippen LogP contribution in [0.2, 0.25) is 0 Å². The van der Waals surface area contributed by atoms with Gasteiger partial charge in [-0.1, -0.05) is 60.7 Å². The third kappa shape index (κ3) is 5.55. The van der Waals surface area contributed by atoms with Crippen molar-refractivity contribution in [1.82, 2.24) is 25.1 Å². The number of benzene rings is 3. The van der Waals surface area contributed by atoms with Gasteiger partial charge in [0, 0.05) is 13.1 Å². The quantitative estimate of drug-likeness (QED) is 0.325. The number of fused-ring (bicyclic) bond motifs is 2. The van der Waals surface area contributed by atoms with E-state index in [1.165, 1.54) is 11.9 Å². The number of carbonyl (C=O) groups excluding carboxylic acids is 1. The summed E-state index contributed by atoms with van der Waals surface area (Å²) < 4.78 is 7.42. The highest BCUT2D eigenvalue weighted by Gasteiger charge is 2.10. The smallest absolute Gasteiger partial charge is 0.258 e. The number of carbonyl (C=O) groups is 1. The zero-order valence-corrected chi connectivity index (χ0v) is 19.2. The first-order valence-electron chi connectivity index (χ1n) is 11.6. The normalized spacial score (nSPS) is 11.0. The molecule has 0 unspecified atom stereocenters. The van der Waals surface area contributed by atoms with Gasteiger partial charge in [0.1, 0.15) is 17.9 Å². The number of amides is 1. The molecule has 35 heavy (non-hydrogen) atoms. The van der Waals surface area contributed by atoms with Crippen LogP contribution in [0.5, 0.6) is 5.75 Å². The maximum Gasteiger partial charge on any atom is 0.258 e. The molecule has 8 nitrogen and oxygen atoms in total. The monoisotopic (exact) mass is 466 g/mol. The Kier molecular flexibility index (Phi) is 6.79. The van der Waals surface area contributed by atoms with E-state index >= 15 is 0 Å². The Labute approximate surface area is 203 Å². The summed E-state index contributed by atoms with van der Waals surface area (Å²) in [6.07, 6.45) is 4.18. The predicted molar refractivity (Wildman–Crippen MR) is 136 cm³/mol. The van der Waals surface area contributed by atoms with Crippen LogP contribution in [0.15, 0.2) is 85.3 Å². The van der Waals surface area contributed by atoms with Crippen LogP contribution in [0.1, 0.15) is 5.56 Å². The van der Waals surface area contributed by atoms with Crippen LogP contribution in [0.3, 0.4) is 0 Å². The van der Waals surface area contributed by atoms with E-state index in [0.717, 1.165) is 40.6 Å². The van der Waals surface area contributed by atoms with Crippen molar-refractivity contribution in [2.75, 3.05) is 25.0 Å². The summed E-state index contributed by atoms with van der Waals surface area (Å²) in [5.74, 6) is 1.23. The highest BCUT2D eigenvalue weighted by atomic mass is 16.5. The number of nitrogens with one attached hydrogen (secondary N) is 2. The Balaban J connectivity index is 1.11. The van der Waals surface area contributed by atoms with E-state index in [0.29, 0.717) is 18.8 Å². The summed E-state index contributed by atoms with van der Waals surface area (Å²) in [4.78, 5) is 21.0. The van der Waals surface area contributed by atoms with Crippen molar-refractivity contribution in [1.29, 1.82) is 0 Å². The molecule has 8 heteroatoms. The molecular formula is C27H26N6O2. The molecule has 3 aromatic carbocycles. The summed E-state index contributed by atoms with van der Waals surface area (Å²) >= 11 is 0. The van der Waals surface area contributed by atoms with Gasteiger partial charge in [0.05, 0.1) is 18.1 Å². The molecule has 0 fully saturated rings. The highest BCUT2D eigenvalue weighted by Crippen LogP contribution is 2.21. The van der Waals surface area contributed by atoms with Crippen molar-refractivity contribution in [2.45, 2.75) is 13.0 Å². The average Bonchev–Trinajstić information content (AvgIpc) is 3.32. The molecule has 5 aromatic rings. The molecule has 0 bridgehead atoms. The fourth-order valence-electron chi connectivity index (χ4n) is 3.93. The summed E-state index contributed by atoms with van der Waals surface area (Å²) in [5.41, 5.74) is 1.99. The lowest BCUT2D eigenvalue weighted by Gasteiger charge is -2.09. The molecule has 0 radical (unpaired) electrons. The number of rotatable bonds is 10. The molecule has 0 aliphatic rings. The van der Waals surface area contributed by atoms with E-state index < -0.39 is 0 Å². The van der Waals surface area contributed by atoms with Crippen LogP contribution in [0.25, 0.3) is 21.8 Å². The van der Waals surface area contributed by atoms with Gasteiger partial charge in [0.15, 0.2) is 12.3 Å². The van der Waals surface area contributed by atoms with E-state index in [2.05, 4.69) is 37.8 Å². The topological polar surface area (TPSA) is 94.0 Å². The molecule has 0 aliphatic carbocycles. The van der Waals surface area contributed by atoms with Gasteiger partial charge in [-0.3, -0.25) is 4.79 Å². The second-order valence-electron chi connectivity index (χ2n) is 8.14. The van der Waals surface area contributed by atoms with Crippen molar-refractivity contribution in [3.05, 3.63) is 90.9 Å². The van der Waals surface area contributed by atoms with Crippen molar-refractivity contribution in [3.63, 3.8) is 0 Å². The lowest BCUT2D eigenvalue weighted by atomic mass is 10.1. The zero-order chi connectivity index (χ0) is 23.9. The van der Waals surface area contributed by atoms with Gasteiger partial charge in [-0.25, -0.2) is 14.6 Å². The minimum atomic E-state index is -0.187. The van der Waals surface area contributed by atoms with Gasteiger partial charge >= 0.3 is 0 Å². The van der Waals surface area contributed by atoms with Gasteiger partial charge in [-0.05, 0) is 34.9 Å². The second-order valence-corrected chi connectivity index (χ2v) is 8.14. The molecule has 0 aliphatic heterocycles. The highest BCUT2D eigenvalue weighted by molar-refractivity contribution is 5.86. The van der Waals surface area contributed by atoms with Gasteiger partial charge in [0.2, 0.25) is 0 Å². The Hall–Kier alpha value is -4.46. The molecule has 2 heterocycles. The summed E-state index contributed by atoms with van der Waals surface area (Å²) in [7, 11) is 0. The van der Waals surface area contributed by atoms with Crippen molar-refractivity contribution >= 4 is 33.5 Å². The maximum absolute atomic E-state index is 12.3. The van der Waals surface area contributed by atoms with Crippen LogP contribution in [0, 0.1) is 0 Å². The van der Waals surface area contributed by atoms with E-state index in [4.69, 9.17) is 4.74 Å². The summed E-state index contributed by atoms with van der Waals surface area (Å²) in [6.45, 7) is 1.62. The molecule has 2 aromatic heterocycles. The fraction of sp³-hybridized carbons (Fsp3) is 0.185. The van der Waals surface area contributed by atoms with Crippen LogP contribution in [-0.2, 0) is 17.8 Å². The average molecular weight is 467 g/mol. The van der Waals surface area contributed by atoms with E-state index in [1.807, 2.05) is 60.7 Å². The van der Waals surface area contributed by atoms with Crippen LogP contribution >= 0.6 is 0 Å². The lowest BCUT2D eigenvalue weighted by molar-refractivity contribution is -0.123. The standard InChI is InChI=1S/C27H26N6O2/c34-25(18-35-23-11-10-21-8-4-5-9-22(21)16-23)28-14-15-33-27-24(17-32-33)26(30-19-31-27)29-13-12-20-6-2-1-3-7-20/h1-11,16-17,19H,12-15,18H2,(H,28,34)(H,29,30,31). The second kappa shape index (κ2) is 10.6. The van der Waals surface area contributed by atoms with E-state index in [-0.39, 0.29) is 12.5 Å². The number of hydrogen-bond donors (Lipinski definition) is 2. The fourth-order valence-corrected chi connectivity index (χ4v) is 3.93. The molecule has 2 N–H and O–H groups in total. The molecule has 176 valence electrons. The Morgan fingerprint density at radius 1 is 0.914 bits per heavy atom. The number of anilines is 1. The van der Waals surface area contributed by atoms with Crippen LogP contribution in [0.4, 0.5) is 5.82 Å². The first-order valence-corrected chi connectivity index (χ1v) is 11.6. The van der Waals surface area contributed by atoms with Gasteiger partial charge in [-0.15, -0.1) is 0 Å². The summed E-state index contributed by atoms with van der Waals surface area (Å²) in [6, 6.07) is 24.1. The Morgan fingerprint density at radius 3 is 2.63 bits per heavy atom. The van der Waals surface area contributed by atoms with Crippen molar-refractivity contribution in [3.8, 4) is 5.75 Å². The van der Waals surface area contributed by atoms with Gasteiger partial charge in [0.25, 0.3) is 5.91 Å². The molecular weight excluding hydrogens is 440 g/mol. The lowest BCUT2D eigenvalue weighted by Crippen LogP contribution is -2.31. The molecule has 5 rings (SSSR count). The Morgan fingerprint density at radius 2 is 1.74 bits per heavy atom. The zero-order valence-electron chi connectivity index (χ0n) is 19.2. The minimum absolute atomic E-state index is 0.0458. The first-order chi connectivity index (χ1) is 17.3. The third-order valence-electron chi connectivity index (χ3n) is 5.72. The van der Waals surface area contributed by atoms with E-state index in [1.54, 1.807) is 10.9 Å². The number of ether oxygens (including phenoxy) is 1. The number of nitrogens with zero attached hydrogens (tertiary/aromatic N) is 4.